The van der Waals surface area contributed by atoms with E-state index in [1.807, 2.05) is 37.3 Å². The van der Waals surface area contributed by atoms with E-state index >= 15 is 0 Å². The first-order valence-electron chi connectivity index (χ1n) is 9.32. The van der Waals surface area contributed by atoms with Crippen molar-refractivity contribution in [2.75, 3.05) is 5.32 Å². The number of thioether (sulfide) groups is 1. The lowest BCUT2D eigenvalue weighted by atomic mass is 9.75. The van der Waals surface area contributed by atoms with Gasteiger partial charge in [0, 0.05) is 21.8 Å². The van der Waals surface area contributed by atoms with E-state index in [1.165, 1.54) is 6.42 Å². The second-order valence-corrected chi connectivity index (χ2v) is 8.89. The summed E-state index contributed by atoms with van der Waals surface area (Å²) in [6.45, 7) is 2.03. The van der Waals surface area contributed by atoms with Crippen LogP contribution in [-0.4, -0.2) is 11.0 Å². The number of nitrogens with one attached hydrogen (secondary N) is 1. The first-order chi connectivity index (χ1) is 13.0. The van der Waals surface area contributed by atoms with Gasteiger partial charge < -0.3 is 5.32 Å². The van der Waals surface area contributed by atoms with E-state index in [2.05, 4.69) is 5.32 Å². The molecule has 0 spiro atoms. The van der Waals surface area contributed by atoms with Crippen LogP contribution in [0.25, 0.3) is 0 Å². The summed E-state index contributed by atoms with van der Waals surface area (Å²) < 4.78 is 0. The Balaban J connectivity index is 1.73. The number of amides is 1. The fourth-order valence-corrected chi connectivity index (χ4v) is 4.57. The average Bonchev–Trinajstić information content (AvgIpc) is 2.65. The van der Waals surface area contributed by atoms with Gasteiger partial charge in [0.1, 0.15) is 0 Å². The van der Waals surface area contributed by atoms with Crippen LogP contribution in [0.1, 0.15) is 44.6 Å². The van der Waals surface area contributed by atoms with Crippen LogP contribution in [0.5, 0.6) is 0 Å². The zero-order valence-electron chi connectivity index (χ0n) is 15.5. The van der Waals surface area contributed by atoms with E-state index in [9.17, 15) is 9.59 Å². The summed E-state index contributed by atoms with van der Waals surface area (Å²) in [5.74, 6) is 0.0295. The van der Waals surface area contributed by atoms with Crippen molar-refractivity contribution in [3.8, 4) is 0 Å². The monoisotopic (exact) mass is 401 g/mol. The van der Waals surface area contributed by atoms with Crippen LogP contribution in [0.2, 0.25) is 5.02 Å². The molecular formula is C22H24ClNO2S. The molecule has 0 saturated heterocycles. The highest BCUT2D eigenvalue weighted by molar-refractivity contribution is 8.13. The number of anilines is 1. The number of carbonyl (C=O) groups is 2. The molecule has 3 rings (SSSR count). The molecule has 1 aliphatic carbocycles. The molecule has 0 bridgehead atoms. The van der Waals surface area contributed by atoms with Crippen LogP contribution in [0.4, 0.5) is 5.69 Å². The molecule has 1 aliphatic rings. The lowest BCUT2D eigenvalue weighted by Crippen LogP contribution is -2.35. The predicted octanol–water partition coefficient (Wildman–Crippen LogP) is 6.11. The maximum atomic E-state index is 12.9. The third-order valence-electron chi connectivity index (χ3n) is 5.11. The number of carbonyl (C=O) groups excluding carboxylic acids is 2. The zero-order valence-corrected chi connectivity index (χ0v) is 17.0. The van der Waals surface area contributed by atoms with Gasteiger partial charge in [0.2, 0.25) is 5.91 Å². The van der Waals surface area contributed by atoms with Gasteiger partial charge in [-0.25, -0.2) is 0 Å². The zero-order chi connectivity index (χ0) is 19.3. The third kappa shape index (κ3) is 5.36. The molecule has 1 fully saturated rings. The first kappa shape index (κ1) is 20.0. The largest absolute Gasteiger partial charge is 0.325 e. The molecule has 0 atom stereocenters. The number of rotatable bonds is 5. The van der Waals surface area contributed by atoms with Gasteiger partial charge in [-0.3, -0.25) is 9.59 Å². The molecule has 142 valence electrons. The van der Waals surface area contributed by atoms with E-state index in [1.54, 1.807) is 18.2 Å². The fraction of sp³-hybridized carbons (Fsp3) is 0.364. The molecule has 1 N–H and O–H groups in total. The Hall–Kier alpha value is -1.78. The quantitative estimate of drug-likeness (QED) is 0.614. The summed E-state index contributed by atoms with van der Waals surface area (Å²) >= 11 is 7.26. The van der Waals surface area contributed by atoms with Gasteiger partial charge in [-0.15, -0.1) is 0 Å². The number of hydrogen-bond donors (Lipinski definition) is 1. The van der Waals surface area contributed by atoms with Gasteiger partial charge in [0.25, 0.3) is 0 Å². The molecule has 1 saturated carbocycles. The minimum absolute atomic E-state index is 0.0165. The van der Waals surface area contributed by atoms with Gasteiger partial charge >= 0.3 is 0 Å². The summed E-state index contributed by atoms with van der Waals surface area (Å²) in [5, 5.41) is 3.61. The van der Waals surface area contributed by atoms with Crippen molar-refractivity contribution >= 4 is 40.1 Å². The molecule has 0 aromatic heterocycles. The Bertz CT molecular complexity index is 816. The van der Waals surface area contributed by atoms with Crippen molar-refractivity contribution in [3.63, 3.8) is 0 Å². The highest BCUT2D eigenvalue weighted by atomic mass is 35.5. The fourth-order valence-electron chi connectivity index (χ4n) is 3.44. The highest BCUT2D eigenvalue weighted by Crippen LogP contribution is 2.38. The van der Waals surface area contributed by atoms with Gasteiger partial charge in [-0.05, 0) is 48.4 Å². The molecular weight excluding hydrogens is 378 g/mol. The maximum absolute atomic E-state index is 12.9. The molecule has 1 amide bonds. The van der Waals surface area contributed by atoms with Crippen molar-refractivity contribution in [1.29, 1.82) is 0 Å². The molecule has 3 nitrogen and oxygen atoms in total. The van der Waals surface area contributed by atoms with Crippen molar-refractivity contribution in [3.05, 3.63) is 59.1 Å². The van der Waals surface area contributed by atoms with Crippen LogP contribution in [0.15, 0.2) is 53.4 Å². The van der Waals surface area contributed by atoms with Gasteiger partial charge in [-0.2, -0.15) is 0 Å². The summed E-state index contributed by atoms with van der Waals surface area (Å²) in [5.41, 5.74) is 1.29. The molecule has 0 aliphatic heterocycles. The second-order valence-electron chi connectivity index (χ2n) is 7.35. The number of hydrogen-bond acceptors (Lipinski definition) is 3. The van der Waals surface area contributed by atoms with Gasteiger partial charge in [0.05, 0.1) is 5.69 Å². The van der Waals surface area contributed by atoms with E-state index in [4.69, 9.17) is 11.6 Å². The van der Waals surface area contributed by atoms with Crippen LogP contribution < -0.4 is 5.32 Å². The Morgan fingerprint density at radius 2 is 1.78 bits per heavy atom. The third-order valence-corrected chi connectivity index (χ3v) is 6.28. The molecule has 2 aromatic rings. The highest BCUT2D eigenvalue weighted by Gasteiger charge is 2.34. The van der Waals surface area contributed by atoms with Crippen molar-refractivity contribution in [2.24, 2.45) is 5.41 Å². The standard InChI is InChI=1S/C22H24ClNO2S/c1-22(12-6-3-7-13-22)21(26)24-18-11-10-17(23)15-19(18)27-20(25)14-16-8-4-2-5-9-16/h2,4-5,8-11,15H,3,6-7,12-14H2,1H3,(H,24,26). The van der Waals surface area contributed by atoms with Gasteiger partial charge in [-0.1, -0.05) is 68.1 Å². The molecule has 27 heavy (non-hydrogen) atoms. The van der Waals surface area contributed by atoms with Crippen LogP contribution in [0, 0.1) is 5.41 Å². The smallest absolute Gasteiger partial charge is 0.230 e. The molecule has 0 radical (unpaired) electrons. The van der Waals surface area contributed by atoms with E-state index < -0.39 is 0 Å². The topological polar surface area (TPSA) is 46.2 Å². The van der Waals surface area contributed by atoms with Crippen molar-refractivity contribution < 1.29 is 9.59 Å². The molecule has 0 heterocycles. The van der Waals surface area contributed by atoms with Crippen LogP contribution >= 0.6 is 23.4 Å². The normalized spacial score (nSPS) is 15.9. The minimum atomic E-state index is -0.339. The van der Waals surface area contributed by atoms with Crippen LogP contribution in [0.3, 0.4) is 0 Å². The number of benzene rings is 2. The SMILES string of the molecule is CC1(C(=O)Nc2ccc(Cl)cc2SC(=O)Cc2ccccc2)CCCCC1. The summed E-state index contributed by atoms with van der Waals surface area (Å²) in [4.78, 5) is 26.1. The summed E-state index contributed by atoms with van der Waals surface area (Å²) in [6, 6.07) is 14.9. The minimum Gasteiger partial charge on any atom is -0.325 e. The van der Waals surface area contributed by atoms with Crippen molar-refractivity contribution in [2.45, 2.75) is 50.3 Å². The summed E-state index contributed by atoms with van der Waals surface area (Å²) in [6.07, 6.45) is 5.51. The lowest BCUT2D eigenvalue weighted by molar-refractivity contribution is -0.126. The Morgan fingerprint density at radius 1 is 1.07 bits per heavy atom. The maximum Gasteiger partial charge on any atom is 0.230 e. The van der Waals surface area contributed by atoms with Gasteiger partial charge in [0.15, 0.2) is 5.12 Å². The Labute approximate surface area is 169 Å². The van der Waals surface area contributed by atoms with Crippen molar-refractivity contribution in [1.82, 2.24) is 0 Å². The predicted molar refractivity (Wildman–Crippen MR) is 112 cm³/mol. The van der Waals surface area contributed by atoms with E-state index in [-0.39, 0.29) is 16.4 Å². The van der Waals surface area contributed by atoms with Crippen LogP contribution in [-0.2, 0) is 16.0 Å². The molecule has 5 heteroatoms. The first-order valence-corrected chi connectivity index (χ1v) is 10.5. The second kappa shape index (κ2) is 8.94. The molecule has 0 unspecified atom stereocenters. The number of halogens is 1. The lowest BCUT2D eigenvalue weighted by Gasteiger charge is -2.32. The summed E-state index contributed by atoms with van der Waals surface area (Å²) in [7, 11) is 0. The Morgan fingerprint density at radius 3 is 2.48 bits per heavy atom. The molecule has 2 aromatic carbocycles. The average molecular weight is 402 g/mol. The van der Waals surface area contributed by atoms with E-state index in [0.717, 1.165) is 43.0 Å². The van der Waals surface area contributed by atoms with E-state index in [0.29, 0.717) is 22.0 Å². The Kier molecular flexibility index (Phi) is 6.61.